The number of halogens is 3. The minimum absolute atomic E-state index is 0.0925. The molecule has 0 radical (unpaired) electrons. The zero-order valence-electron chi connectivity index (χ0n) is 28.8. The molecule has 6 aromatic rings. The summed E-state index contributed by atoms with van der Waals surface area (Å²) < 4.78 is 45.8. The molecule has 3 aliphatic rings. The Labute approximate surface area is 302 Å². The Hall–Kier alpha value is -5.33. The van der Waals surface area contributed by atoms with Crippen molar-refractivity contribution in [1.82, 2.24) is 5.32 Å². The third-order valence-corrected chi connectivity index (χ3v) is 11.2. The molecule has 6 aromatic carbocycles. The molecule has 2 aliphatic carbocycles. The molecule has 1 heterocycles. The topological polar surface area (TPSA) is 24.5 Å². The van der Waals surface area contributed by atoms with Crippen LogP contribution in [0.3, 0.4) is 0 Å². The van der Waals surface area contributed by atoms with Crippen LogP contribution in [0.25, 0.3) is 33.4 Å². The summed E-state index contributed by atoms with van der Waals surface area (Å²) >= 11 is 0. The molecule has 0 spiro atoms. The summed E-state index contributed by atoms with van der Waals surface area (Å²) in [6.07, 6.45) is -0.376. The average Bonchev–Trinajstić information content (AvgIpc) is 3.73. The van der Waals surface area contributed by atoms with Crippen molar-refractivity contribution >= 4 is 5.69 Å². The van der Waals surface area contributed by atoms with Crippen molar-refractivity contribution in [3.05, 3.63) is 167 Å². The molecule has 3 nitrogen and oxygen atoms in total. The summed E-state index contributed by atoms with van der Waals surface area (Å²) in [5, 5.41) is 3.86. The number of anilines is 1. The third-order valence-electron chi connectivity index (χ3n) is 11.2. The molecule has 6 heteroatoms. The van der Waals surface area contributed by atoms with Crippen LogP contribution in [0.1, 0.15) is 46.2 Å². The van der Waals surface area contributed by atoms with Crippen LogP contribution in [-0.4, -0.2) is 25.0 Å². The van der Waals surface area contributed by atoms with Gasteiger partial charge in [-0.2, -0.15) is 0 Å². The Bertz CT molecular complexity index is 2260. The predicted octanol–water partition coefficient (Wildman–Crippen LogP) is 10.8. The first-order chi connectivity index (χ1) is 25.4. The zero-order chi connectivity index (χ0) is 35.2. The quantitative estimate of drug-likeness (QED) is 0.172. The number of piperidine rings is 1. The fraction of sp³-hybridized carbons (Fsp3) is 0.217. The third kappa shape index (κ3) is 6.15. The predicted molar refractivity (Wildman–Crippen MR) is 203 cm³/mol. The number of hydrogen-bond acceptors (Lipinski definition) is 3. The molecule has 1 N–H and O–H groups in total. The van der Waals surface area contributed by atoms with Crippen LogP contribution in [0.4, 0.5) is 18.9 Å². The molecule has 0 saturated carbocycles. The zero-order valence-corrected chi connectivity index (χ0v) is 28.8. The second-order valence-corrected chi connectivity index (χ2v) is 14.3. The van der Waals surface area contributed by atoms with Crippen molar-refractivity contribution in [2.45, 2.75) is 57.1 Å². The number of nitrogens with one attached hydrogen (secondary N) is 1. The van der Waals surface area contributed by atoms with Gasteiger partial charge in [0.1, 0.15) is 5.75 Å². The highest BCUT2D eigenvalue weighted by molar-refractivity contribution is 5.86. The number of hydrogen-bond donors (Lipinski definition) is 1. The van der Waals surface area contributed by atoms with E-state index in [0.717, 1.165) is 61.0 Å². The van der Waals surface area contributed by atoms with Crippen LogP contribution in [0.5, 0.6) is 5.75 Å². The van der Waals surface area contributed by atoms with Gasteiger partial charge in [-0.1, -0.05) is 115 Å². The van der Waals surface area contributed by atoms with E-state index in [9.17, 15) is 13.2 Å². The lowest BCUT2D eigenvalue weighted by atomic mass is 9.88. The van der Waals surface area contributed by atoms with Crippen LogP contribution in [0.15, 0.2) is 133 Å². The van der Waals surface area contributed by atoms with E-state index in [1.54, 1.807) is 6.07 Å². The van der Waals surface area contributed by atoms with E-state index >= 15 is 0 Å². The smallest absolute Gasteiger partial charge is 0.406 e. The first-order valence-electron chi connectivity index (χ1n) is 18.2. The van der Waals surface area contributed by atoms with Crippen molar-refractivity contribution < 1.29 is 17.9 Å². The molecule has 9 rings (SSSR count). The lowest BCUT2D eigenvalue weighted by Gasteiger charge is -2.43. The van der Waals surface area contributed by atoms with Crippen molar-refractivity contribution in [2.75, 3.05) is 11.4 Å². The van der Waals surface area contributed by atoms with Gasteiger partial charge < -0.3 is 15.0 Å². The van der Waals surface area contributed by atoms with Gasteiger partial charge in [0.2, 0.25) is 0 Å². The van der Waals surface area contributed by atoms with Gasteiger partial charge in [-0.3, -0.25) is 0 Å². The molecule has 2 atom stereocenters. The van der Waals surface area contributed by atoms with Crippen molar-refractivity contribution in [1.29, 1.82) is 0 Å². The first-order valence-corrected chi connectivity index (χ1v) is 18.2. The van der Waals surface area contributed by atoms with Gasteiger partial charge in [0.15, 0.2) is 0 Å². The lowest BCUT2D eigenvalue weighted by Crippen LogP contribution is -2.54. The lowest BCUT2D eigenvalue weighted by molar-refractivity contribution is -0.274. The van der Waals surface area contributed by atoms with Gasteiger partial charge in [0.25, 0.3) is 0 Å². The monoisotopic (exact) mass is 692 g/mol. The highest BCUT2D eigenvalue weighted by atomic mass is 19.4. The summed E-state index contributed by atoms with van der Waals surface area (Å²) in [6.45, 7) is 1.35. The summed E-state index contributed by atoms with van der Waals surface area (Å²) in [7, 11) is 0. The molecule has 0 aromatic heterocycles. The molecular weight excluding hydrogens is 654 g/mol. The van der Waals surface area contributed by atoms with E-state index in [1.807, 2.05) is 12.1 Å². The summed E-state index contributed by atoms with van der Waals surface area (Å²) in [5.74, 6) is -0.199. The minimum atomic E-state index is -4.80. The fourth-order valence-corrected chi connectivity index (χ4v) is 8.93. The molecule has 1 fully saturated rings. The second kappa shape index (κ2) is 13.3. The van der Waals surface area contributed by atoms with E-state index in [4.69, 9.17) is 0 Å². The Balaban J connectivity index is 1.20. The summed E-state index contributed by atoms with van der Waals surface area (Å²) in [6, 6.07) is 45.7. The first kappa shape index (κ1) is 32.6. The average molecular weight is 693 g/mol. The van der Waals surface area contributed by atoms with Crippen molar-refractivity contribution in [3.63, 3.8) is 0 Å². The molecule has 0 bridgehead atoms. The van der Waals surface area contributed by atoms with E-state index in [2.05, 4.69) is 124 Å². The van der Waals surface area contributed by atoms with Crippen LogP contribution in [-0.2, 0) is 25.8 Å². The standard InChI is InChI=1S/C46H39F3N2O/c47-46(48,49)52-34-22-23-37(39-18-8-17-38-35-15-6-4-13-31(35)27-41(38)39)33(26-34)29-51(45-21-10-24-50-43(45)25-30-11-2-1-3-12-30)44-20-9-19-40-36-16-7-5-14-32(36)28-42(40)44/h1-9,11-20,22-23,26,43,45,50H,10,21,24-25,27-29H2. The molecule has 0 amide bonds. The number of nitrogens with zero attached hydrogens (tertiary/aromatic N) is 1. The van der Waals surface area contributed by atoms with Crippen molar-refractivity contribution in [2.24, 2.45) is 0 Å². The number of fused-ring (bicyclic) bond motifs is 6. The largest absolute Gasteiger partial charge is 0.573 e. The van der Waals surface area contributed by atoms with Gasteiger partial charge in [-0.25, -0.2) is 0 Å². The highest BCUT2D eigenvalue weighted by Crippen LogP contribution is 2.46. The van der Waals surface area contributed by atoms with Crippen LogP contribution in [0.2, 0.25) is 0 Å². The van der Waals surface area contributed by atoms with Gasteiger partial charge in [0.05, 0.1) is 0 Å². The fourth-order valence-electron chi connectivity index (χ4n) is 8.93. The molecule has 1 aliphatic heterocycles. The highest BCUT2D eigenvalue weighted by Gasteiger charge is 2.35. The second-order valence-electron chi connectivity index (χ2n) is 14.3. The van der Waals surface area contributed by atoms with Crippen LogP contribution >= 0.6 is 0 Å². The van der Waals surface area contributed by atoms with E-state index in [0.29, 0.717) is 6.54 Å². The number of rotatable bonds is 8. The molecule has 2 unspecified atom stereocenters. The maximum atomic E-state index is 13.7. The Morgan fingerprint density at radius 1 is 0.635 bits per heavy atom. The maximum Gasteiger partial charge on any atom is 0.573 e. The Morgan fingerprint density at radius 3 is 1.98 bits per heavy atom. The van der Waals surface area contributed by atoms with Crippen LogP contribution < -0.4 is 15.0 Å². The van der Waals surface area contributed by atoms with Gasteiger partial charge in [0, 0.05) is 30.7 Å². The minimum Gasteiger partial charge on any atom is -0.406 e. The molecular formula is C46H39F3N2O. The van der Waals surface area contributed by atoms with Crippen molar-refractivity contribution in [3.8, 4) is 39.1 Å². The van der Waals surface area contributed by atoms with Gasteiger partial charge in [-0.15, -0.1) is 13.2 Å². The Kier molecular flexibility index (Phi) is 8.35. The van der Waals surface area contributed by atoms with E-state index in [1.165, 1.54) is 56.1 Å². The van der Waals surface area contributed by atoms with Gasteiger partial charge >= 0.3 is 6.36 Å². The normalized spacial score (nSPS) is 17.2. The molecule has 260 valence electrons. The van der Waals surface area contributed by atoms with Gasteiger partial charge in [-0.05, 0) is 117 Å². The van der Waals surface area contributed by atoms with E-state index in [-0.39, 0.29) is 17.8 Å². The molecule has 1 saturated heterocycles. The number of alkyl halides is 3. The number of benzene rings is 6. The number of ether oxygens (including phenoxy) is 1. The summed E-state index contributed by atoms with van der Waals surface area (Å²) in [5.41, 5.74) is 15.1. The molecule has 52 heavy (non-hydrogen) atoms. The SMILES string of the molecule is FC(F)(F)Oc1ccc(-c2cccc3c2Cc2ccccc2-3)c(CN(c2cccc3c2Cc2ccccc2-3)C2CCCNC2Cc2ccccc2)c1. The van der Waals surface area contributed by atoms with Crippen LogP contribution in [0, 0.1) is 0 Å². The van der Waals surface area contributed by atoms with E-state index < -0.39 is 6.36 Å². The Morgan fingerprint density at radius 2 is 1.25 bits per heavy atom. The maximum absolute atomic E-state index is 13.7. The summed E-state index contributed by atoms with van der Waals surface area (Å²) in [4.78, 5) is 2.50.